The van der Waals surface area contributed by atoms with Crippen molar-refractivity contribution >= 4 is 5.91 Å². The van der Waals surface area contributed by atoms with E-state index in [1.54, 1.807) is 0 Å². The second-order valence-electron chi connectivity index (χ2n) is 5.40. The molecular formula is C15H23N3O. The molecule has 104 valence electrons. The number of hydrogen-bond donors (Lipinski definition) is 1. The lowest BCUT2D eigenvalue weighted by Gasteiger charge is -2.22. The van der Waals surface area contributed by atoms with Crippen LogP contribution in [0.5, 0.6) is 0 Å². The number of carbonyl (C=O) groups is 1. The van der Waals surface area contributed by atoms with Gasteiger partial charge in [0.1, 0.15) is 0 Å². The van der Waals surface area contributed by atoms with Crippen LogP contribution in [0.25, 0.3) is 0 Å². The second-order valence-corrected chi connectivity index (χ2v) is 5.40. The highest BCUT2D eigenvalue weighted by Crippen LogP contribution is 2.09. The Kier molecular flexibility index (Phi) is 4.93. The van der Waals surface area contributed by atoms with Crippen molar-refractivity contribution in [3.05, 3.63) is 35.9 Å². The molecule has 0 radical (unpaired) electrons. The smallest absolute Gasteiger partial charge is 0.223 e. The van der Waals surface area contributed by atoms with Crippen molar-refractivity contribution in [2.75, 3.05) is 39.8 Å². The van der Waals surface area contributed by atoms with Gasteiger partial charge in [-0.05, 0) is 19.0 Å². The van der Waals surface area contributed by atoms with Gasteiger partial charge in [0.25, 0.3) is 0 Å². The Bertz CT molecular complexity index is 407. The number of primary amides is 1. The van der Waals surface area contributed by atoms with Crippen LogP contribution in [0.1, 0.15) is 5.56 Å². The fourth-order valence-electron chi connectivity index (χ4n) is 2.56. The van der Waals surface area contributed by atoms with Crippen LogP contribution in [0, 0.1) is 5.92 Å². The molecule has 2 N–H and O–H groups in total. The molecule has 0 saturated carbocycles. The van der Waals surface area contributed by atoms with E-state index in [1.807, 2.05) is 6.07 Å². The summed E-state index contributed by atoms with van der Waals surface area (Å²) >= 11 is 0. The summed E-state index contributed by atoms with van der Waals surface area (Å²) in [5.74, 6) is -0.235. The minimum absolute atomic E-state index is 0.0525. The zero-order valence-corrected chi connectivity index (χ0v) is 11.6. The molecule has 0 bridgehead atoms. The molecule has 1 heterocycles. The van der Waals surface area contributed by atoms with E-state index in [-0.39, 0.29) is 11.8 Å². The Morgan fingerprint density at radius 1 is 1.26 bits per heavy atom. The summed E-state index contributed by atoms with van der Waals surface area (Å²) in [4.78, 5) is 16.0. The molecule has 0 spiro atoms. The average molecular weight is 261 g/mol. The fraction of sp³-hybridized carbons (Fsp3) is 0.533. The molecule has 1 saturated heterocycles. The molecule has 4 nitrogen and oxygen atoms in total. The first-order valence-electron chi connectivity index (χ1n) is 6.89. The molecule has 0 unspecified atom stereocenters. The fourth-order valence-corrected chi connectivity index (χ4v) is 2.56. The summed E-state index contributed by atoms with van der Waals surface area (Å²) < 4.78 is 0. The summed E-state index contributed by atoms with van der Waals surface area (Å²) in [5, 5.41) is 0. The minimum Gasteiger partial charge on any atom is -0.369 e. The van der Waals surface area contributed by atoms with Crippen molar-refractivity contribution in [3.8, 4) is 0 Å². The maximum absolute atomic E-state index is 11.4. The molecular weight excluding hydrogens is 238 g/mol. The minimum atomic E-state index is -0.182. The lowest BCUT2D eigenvalue weighted by Crippen LogP contribution is -2.38. The van der Waals surface area contributed by atoms with Crippen LogP contribution < -0.4 is 5.73 Å². The van der Waals surface area contributed by atoms with E-state index in [0.717, 1.165) is 39.1 Å². The lowest BCUT2D eigenvalue weighted by atomic mass is 10.1. The number of nitrogens with two attached hydrogens (primary N) is 1. The maximum Gasteiger partial charge on any atom is 0.223 e. The lowest BCUT2D eigenvalue weighted by molar-refractivity contribution is -0.122. The molecule has 1 aliphatic rings. The van der Waals surface area contributed by atoms with E-state index < -0.39 is 0 Å². The summed E-state index contributed by atoms with van der Waals surface area (Å²) in [5.41, 5.74) is 6.82. The van der Waals surface area contributed by atoms with Crippen LogP contribution in [-0.2, 0) is 11.2 Å². The first-order valence-corrected chi connectivity index (χ1v) is 6.89. The monoisotopic (exact) mass is 261 g/mol. The average Bonchev–Trinajstić information content (AvgIpc) is 2.60. The Labute approximate surface area is 115 Å². The van der Waals surface area contributed by atoms with Crippen LogP contribution >= 0.6 is 0 Å². The number of nitrogens with zero attached hydrogens (tertiary/aromatic N) is 2. The van der Waals surface area contributed by atoms with Crippen LogP contribution in [0.4, 0.5) is 0 Å². The standard InChI is InChI=1S/C15H23N3O/c1-17-9-10-18(12-14(11-17)15(16)19)8-7-13-5-3-2-4-6-13/h2-6,14H,7-12H2,1H3,(H2,16,19)/t14-/m0/s1. The van der Waals surface area contributed by atoms with Crippen LogP contribution in [-0.4, -0.2) is 55.5 Å². The van der Waals surface area contributed by atoms with Crippen LogP contribution in [0.3, 0.4) is 0 Å². The summed E-state index contributed by atoms with van der Waals surface area (Å²) in [7, 11) is 2.05. The number of benzene rings is 1. The second kappa shape index (κ2) is 6.68. The zero-order chi connectivity index (χ0) is 13.7. The third-order valence-corrected chi connectivity index (χ3v) is 3.77. The molecule has 1 aliphatic heterocycles. The van der Waals surface area contributed by atoms with E-state index in [0.29, 0.717) is 0 Å². The van der Waals surface area contributed by atoms with Crippen molar-refractivity contribution in [2.24, 2.45) is 11.7 Å². The summed E-state index contributed by atoms with van der Waals surface area (Å²) in [6, 6.07) is 10.5. The van der Waals surface area contributed by atoms with Gasteiger partial charge in [-0.3, -0.25) is 4.79 Å². The Balaban J connectivity index is 1.90. The topological polar surface area (TPSA) is 49.6 Å². The molecule has 1 amide bonds. The van der Waals surface area contributed by atoms with Gasteiger partial charge >= 0.3 is 0 Å². The van der Waals surface area contributed by atoms with Gasteiger partial charge < -0.3 is 15.5 Å². The number of rotatable bonds is 4. The van der Waals surface area contributed by atoms with E-state index in [2.05, 4.69) is 41.1 Å². The number of amides is 1. The van der Waals surface area contributed by atoms with Crippen molar-refractivity contribution in [1.82, 2.24) is 9.80 Å². The molecule has 4 heteroatoms. The highest BCUT2D eigenvalue weighted by atomic mass is 16.1. The Morgan fingerprint density at radius 3 is 2.68 bits per heavy atom. The number of carbonyl (C=O) groups excluding carboxylic acids is 1. The zero-order valence-electron chi connectivity index (χ0n) is 11.6. The molecule has 2 rings (SSSR count). The number of hydrogen-bond acceptors (Lipinski definition) is 3. The molecule has 1 aromatic carbocycles. The SMILES string of the molecule is CN1CCN(CCc2ccccc2)C[C@@H](C(N)=O)C1. The predicted molar refractivity (Wildman–Crippen MR) is 76.8 cm³/mol. The van der Waals surface area contributed by atoms with E-state index in [4.69, 9.17) is 5.73 Å². The molecule has 1 atom stereocenters. The molecule has 19 heavy (non-hydrogen) atoms. The third kappa shape index (κ3) is 4.33. The van der Waals surface area contributed by atoms with Gasteiger partial charge in [-0.1, -0.05) is 30.3 Å². The van der Waals surface area contributed by atoms with Gasteiger partial charge in [0.2, 0.25) is 5.91 Å². The summed E-state index contributed by atoms with van der Waals surface area (Å²) in [6.45, 7) is 4.55. The van der Waals surface area contributed by atoms with Gasteiger partial charge in [0, 0.05) is 32.7 Å². The van der Waals surface area contributed by atoms with Crippen molar-refractivity contribution in [1.29, 1.82) is 0 Å². The van der Waals surface area contributed by atoms with Gasteiger partial charge in [-0.25, -0.2) is 0 Å². The normalized spacial score (nSPS) is 22.1. The molecule has 1 fully saturated rings. The van der Waals surface area contributed by atoms with Crippen LogP contribution in [0.15, 0.2) is 30.3 Å². The third-order valence-electron chi connectivity index (χ3n) is 3.77. The largest absolute Gasteiger partial charge is 0.369 e. The highest BCUT2D eigenvalue weighted by Gasteiger charge is 2.24. The first-order chi connectivity index (χ1) is 9.15. The predicted octanol–water partition coefficient (Wildman–Crippen LogP) is 0.578. The first kappa shape index (κ1) is 14.0. The molecule has 0 aliphatic carbocycles. The highest BCUT2D eigenvalue weighted by molar-refractivity contribution is 5.77. The molecule has 1 aromatic rings. The van der Waals surface area contributed by atoms with Crippen molar-refractivity contribution in [3.63, 3.8) is 0 Å². The van der Waals surface area contributed by atoms with E-state index >= 15 is 0 Å². The Morgan fingerprint density at radius 2 is 2.00 bits per heavy atom. The van der Waals surface area contributed by atoms with Gasteiger partial charge in [0.15, 0.2) is 0 Å². The van der Waals surface area contributed by atoms with Crippen molar-refractivity contribution < 1.29 is 4.79 Å². The number of likely N-dealkylation sites (N-methyl/N-ethyl adjacent to an activating group) is 1. The quantitative estimate of drug-likeness (QED) is 0.862. The maximum atomic E-state index is 11.4. The summed E-state index contributed by atoms with van der Waals surface area (Å²) in [6.07, 6.45) is 1.02. The van der Waals surface area contributed by atoms with Crippen molar-refractivity contribution in [2.45, 2.75) is 6.42 Å². The molecule has 0 aromatic heterocycles. The van der Waals surface area contributed by atoms with E-state index in [1.165, 1.54) is 5.56 Å². The van der Waals surface area contributed by atoms with E-state index in [9.17, 15) is 4.79 Å². The van der Waals surface area contributed by atoms with Gasteiger partial charge in [-0.2, -0.15) is 0 Å². The van der Waals surface area contributed by atoms with Gasteiger partial charge in [0.05, 0.1) is 5.92 Å². The van der Waals surface area contributed by atoms with Gasteiger partial charge in [-0.15, -0.1) is 0 Å². The Hall–Kier alpha value is -1.39. The van der Waals surface area contributed by atoms with Crippen LogP contribution in [0.2, 0.25) is 0 Å².